The lowest BCUT2D eigenvalue weighted by atomic mass is 10.0. The number of nitrogens with one attached hydrogen (secondary N) is 3. The van der Waals surface area contributed by atoms with Crippen LogP contribution in [0.4, 0.5) is 0 Å². The molecule has 3 rings (SSSR count). The highest BCUT2D eigenvalue weighted by Crippen LogP contribution is 2.22. The van der Waals surface area contributed by atoms with Crippen molar-refractivity contribution < 1.29 is 29.4 Å². The van der Waals surface area contributed by atoms with Gasteiger partial charge in [-0.25, -0.2) is 4.79 Å². The third kappa shape index (κ3) is 6.41. The zero-order chi connectivity index (χ0) is 26.4. The number of fused-ring (bicyclic) bond motifs is 1. The zero-order valence-corrected chi connectivity index (χ0v) is 20.6. The molecule has 0 radical (unpaired) electrons. The molecule has 1 aromatic heterocycles. The normalized spacial score (nSPS) is 18.1. The molecule has 1 saturated heterocycles. The summed E-state index contributed by atoms with van der Waals surface area (Å²) in [7, 11) is 0. The number of carbonyl (C=O) groups excluding carboxylic acids is 3. The molecule has 1 aliphatic rings. The lowest BCUT2D eigenvalue weighted by Gasteiger charge is -2.30. The fourth-order valence-electron chi connectivity index (χ4n) is 4.55. The number of likely N-dealkylation sites (tertiary alicyclic amines) is 1. The molecule has 3 amide bonds. The number of hydrogen-bond acceptors (Lipinski definition) is 6. The predicted octanol–water partition coefficient (Wildman–Crippen LogP) is 0.121. The van der Waals surface area contributed by atoms with Gasteiger partial charge in [-0.05, 0) is 36.8 Å². The van der Waals surface area contributed by atoms with Crippen LogP contribution in [0.3, 0.4) is 0 Å². The van der Waals surface area contributed by atoms with Gasteiger partial charge >= 0.3 is 5.97 Å². The maximum absolute atomic E-state index is 13.4. The summed E-state index contributed by atoms with van der Waals surface area (Å²) in [4.78, 5) is 55.3. The van der Waals surface area contributed by atoms with E-state index in [1.165, 1.54) is 4.90 Å². The Morgan fingerprint density at radius 2 is 1.89 bits per heavy atom. The maximum atomic E-state index is 13.4. The molecular weight excluding hydrogens is 466 g/mol. The molecule has 1 fully saturated rings. The molecule has 36 heavy (non-hydrogen) atoms. The maximum Gasteiger partial charge on any atom is 0.326 e. The number of para-hydroxylation sites is 1. The smallest absolute Gasteiger partial charge is 0.326 e. The van der Waals surface area contributed by atoms with Crippen molar-refractivity contribution in [1.29, 1.82) is 0 Å². The van der Waals surface area contributed by atoms with Crippen molar-refractivity contribution in [3.8, 4) is 0 Å². The predicted molar refractivity (Wildman–Crippen MR) is 133 cm³/mol. The van der Waals surface area contributed by atoms with Gasteiger partial charge in [0.2, 0.25) is 17.7 Å². The zero-order valence-electron chi connectivity index (χ0n) is 20.6. The van der Waals surface area contributed by atoms with Crippen molar-refractivity contribution in [2.24, 2.45) is 11.7 Å². The van der Waals surface area contributed by atoms with Crippen LogP contribution in [0.25, 0.3) is 10.9 Å². The first-order valence-electron chi connectivity index (χ1n) is 12.2. The molecule has 11 nitrogen and oxygen atoms in total. The summed E-state index contributed by atoms with van der Waals surface area (Å²) in [6, 6.07) is 3.40. The second-order valence-electron chi connectivity index (χ2n) is 9.63. The number of carboxylic acid groups (broad SMARTS) is 1. The average molecular weight is 502 g/mol. The van der Waals surface area contributed by atoms with Gasteiger partial charge in [-0.15, -0.1) is 0 Å². The Balaban J connectivity index is 1.73. The second-order valence-corrected chi connectivity index (χ2v) is 9.63. The molecule has 7 N–H and O–H groups in total. The number of aromatic nitrogens is 1. The minimum absolute atomic E-state index is 0.0621. The molecule has 11 heteroatoms. The molecule has 0 aliphatic carbocycles. The van der Waals surface area contributed by atoms with E-state index in [1.807, 2.05) is 38.1 Å². The highest BCUT2D eigenvalue weighted by molar-refractivity contribution is 5.94. The van der Waals surface area contributed by atoms with Crippen LogP contribution in [0.15, 0.2) is 30.5 Å². The lowest BCUT2D eigenvalue weighted by molar-refractivity contribution is -0.145. The summed E-state index contributed by atoms with van der Waals surface area (Å²) >= 11 is 0. The molecule has 0 saturated carbocycles. The Hall–Kier alpha value is -3.44. The van der Waals surface area contributed by atoms with Crippen LogP contribution in [-0.4, -0.2) is 81.1 Å². The van der Waals surface area contributed by atoms with Gasteiger partial charge in [-0.3, -0.25) is 14.4 Å². The first kappa shape index (κ1) is 27.2. The van der Waals surface area contributed by atoms with Gasteiger partial charge in [0.25, 0.3) is 0 Å². The van der Waals surface area contributed by atoms with E-state index in [4.69, 9.17) is 10.8 Å². The lowest BCUT2D eigenvalue weighted by Crippen LogP contribution is -2.57. The number of nitrogens with two attached hydrogens (primary N) is 1. The van der Waals surface area contributed by atoms with Gasteiger partial charge in [-0.1, -0.05) is 32.0 Å². The topological polar surface area (TPSA) is 178 Å². The third-order valence-corrected chi connectivity index (χ3v) is 6.41. The average Bonchev–Trinajstić information content (AvgIpc) is 3.49. The molecule has 4 unspecified atom stereocenters. The SMILES string of the molecule is CC(C)CC(NC(=O)C(N)CO)C(=O)N1CCCC1C(=O)NC(Cc1c[nH]c2ccccc12)C(=O)O. The van der Waals surface area contributed by atoms with Crippen molar-refractivity contribution >= 4 is 34.6 Å². The highest BCUT2D eigenvalue weighted by Gasteiger charge is 2.39. The number of rotatable bonds is 11. The van der Waals surface area contributed by atoms with Crippen LogP contribution in [0.1, 0.15) is 38.7 Å². The van der Waals surface area contributed by atoms with Crippen LogP contribution in [0.2, 0.25) is 0 Å². The minimum Gasteiger partial charge on any atom is -0.480 e. The number of aromatic amines is 1. The number of aliphatic hydroxyl groups excluding tert-OH is 1. The van der Waals surface area contributed by atoms with E-state index in [-0.39, 0.29) is 12.3 Å². The molecule has 196 valence electrons. The fraction of sp³-hybridized carbons (Fsp3) is 0.520. The van der Waals surface area contributed by atoms with Crippen LogP contribution in [0, 0.1) is 5.92 Å². The van der Waals surface area contributed by atoms with Gasteiger partial charge in [0.1, 0.15) is 24.2 Å². The van der Waals surface area contributed by atoms with Crippen molar-refractivity contribution in [1.82, 2.24) is 20.5 Å². The molecule has 1 aromatic carbocycles. The quantitative estimate of drug-likeness (QED) is 0.253. The largest absolute Gasteiger partial charge is 0.480 e. The number of H-pyrrole nitrogens is 1. The Morgan fingerprint density at radius 1 is 1.17 bits per heavy atom. The van der Waals surface area contributed by atoms with Crippen LogP contribution in [0.5, 0.6) is 0 Å². The summed E-state index contributed by atoms with van der Waals surface area (Å²) < 4.78 is 0. The number of amides is 3. The number of hydrogen-bond donors (Lipinski definition) is 6. The number of aliphatic hydroxyl groups is 1. The van der Waals surface area contributed by atoms with Crippen LogP contribution >= 0.6 is 0 Å². The van der Waals surface area contributed by atoms with Gasteiger partial charge in [-0.2, -0.15) is 0 Å². The van der Waals surface area contributed by atoms with Crippen LogP contribution < -0.4 is 16.4 Å². The Morgan fingerprint density at radius 3 is 2.56 bits per heavy atom. The van der Waals surface area contributed by atoms with E-state index in [0.29, 0.717) is 25.8 Å². The molecule has 0 bridgehead atoms. The van der Waals surface area contributed by atoms with E-state index >= 15 is 0 Å². The van der Waals surface area contributed by atoms with Gasteiger partial charge < -0.3 is 36.5 Å². The summed E-state index contributed by atoms with van der Waals surface area (Å²) in [5.74, 6) is -2.74. The highest BCUT2D eigenvalue weighted by atomic mass is 16.4. The molecule has 2 aromatic rings. The van der Waals surface area contributed by atoms with Crippen molar-refractivity contribution in [3.05, 3.63) is 36.0 Å². The molecule has 0 spiro atoms. The monoisotopic (exact) mass is 501 g/mol. The van der Waals surface area contributed by atoms with Crippen molar-refractivity contribution in [2.75, 3.05) is 13.2 Å². The van der Waals surface area contributed by atoms with E-state index in [9.17, 15) is 24.3 Å². The molecule has 2 heterocycles. The van der Waals surface area contributed by atoms with E-state index < -0.39 is 54.5 Å². The standard InChI is InChI=1S/C25H35N5O6/c1-14(2)10-19(28-22(32)17(26)13-31)24(34)30-9-5-8-21(30)23(33)29-20(25(35)36)11-15-12-27-18-7-4-3-6-16(15)18/h3-4,6-7,12,14,17,19-21,27,31H,5,8-11,13,26H2,1-2H3,(H,28,32)(H,29,33)(H,35,36). The van der Waals surface area contributed by atoms with Crippen molar-refractivity contribution in [3.63, 3.8) is 0 Å². The number of nitrogens with zero attached hydrogens (tertiary/aromatic N) is 1. The summed E-state index contributed by atoms with van der Waals surface area (Å²) in [5.41, 5.74) is 7.22. The Bertz CT molecular complexity index is 1100. The number of benzene rings is 1. The number of aliphatic carboxylic acids is 1. The van der Waals surface area contributed by atoms with Gasteiger partial charge in [0.15, 0.2) is 0 Å². The van der Waals surface area contributed by atoms with E-state index in [0.717, 1.165) is 16.5 Å². The Labute approximate surface area is 209 Å². The van der Waals surface area contributed by atoms with Crippen molar-refractivity contribution in [2.45, 2.75) is 63.7 Å². The summed E-state index contributed by atoms with van der Waals surface area (Å²) in [6.07, 6.45) is 3.09. The summed E-state index contributed by atoms with van der Waals surface area (Å²) in [6.45, 7) is 3.55. The third-order valence-electron chi connectivity index (χ3n) is 6.41. The second kappa shape index (κ2) is 12.0. The van der Waals surface area contributed by atoms with E-state index in [1.54, 1.807) is 6.20 Å². The first-order chi connectivity index (χ1) is 17.1. The molecule has 1 aliphatic heterocycles. The number of carboxylic acids is 1. The van der Waals surface area contributed by atoms with Gasteiger partial charge in [0.05, 0.1) is 6.61 Å². The molecule has 4 atom stereocenters. The minimum atomic E-state index is -1.18. The summed E-state index contributed by atoms with van der Waals surface area (Å²) in [5, 5.41) is 25.0. The number of carbonyl (C=O) groups is 4. The molecular formula is C25H35N5O6. The van der Waals surface area contributed by atoms with Crippen LogP contribution in [-0.2, 0) is 25.6 Å². The first-order valence-corrected chi connectivity index (χ1v) is 12.2. The fourth-order valence-corrected chi connectivity index (χ4v) is 4.55. The van der Waals surface area contributed by atoms with E-state index in [2.05, 4.69) is 15.6 Å². The van der Waals surface area contributed by atoms with Gasteiger partial charge in [0, 0.05) is 30.1 Å². The Kier molecular flexibility index (Phi) is 9.05.